The van der Waals surface area contributed by atoms with E-state index in [-0.39, 0.29) is 5.91 Å². The molecule has 0 unspecified atom stereocenters. The highest BCUT2D eigenvalue weighted by molar-refractivity contribution is 6.31. The van der Waals surface area contributed by atoms with Crippen LogP contribution >= 0.6 is 11.6 Å². The number of hydrogen-bond acceptors (Lipinski definition) is 3. The molecule has 3 rings (SSSR count). The number of carbonyl (C=O) groups is 1. The monoisotopic (exact) mass is 326 g/mol. The number of benzene rings is 2. The highest BCUT2D eigenvalue weighted by atomic mass is 35.5. The van der Waals surface area contributed by atoms with E-state index in [1.165, 1.54) is 0 Å². The van der Waals surface area contributed by atoms with Gasteiger partial charge in [0.15, 0.2) is 0 Å². The van der Waals surface area contributed by atoms with Crippen molar-refractivity contribution in [2.24, 2.45) is 0 Å². The Morgan fingerprint density at radius 1 is 1.13 bits per heavy atom. The number of pyridine rings is 1. The van der Waals surface area contributed by atoms with Gasteiger partial charge >= 0.3 is 0 Å². The Labute approximate surface area is 139 Å². The fourth-order valence-corrected chi connectivity index (χ4v) is 2.56. The molecule has 3 aromatic rings. The molecule has 1 amide bonds. The Bertz CT molecular complexity index is 876. The van der Waals surface area contributed by atoms with E-state index < -0.39 is 0 Å². The summed E-state index contributed by atoms with van der Waals surface area (Å²) in [6.07, 6.45) is 0. The number of anilines is 1. The van der Waals surface area contributed by atoms with E-state index >= 15 is 0 Å². The largest absolute Gasteiger partial charge is 0.497 e. The molecule has 1 heterocycles. The number of rotatable bonds is 3. The average Bonchev–Trinajstić information content (AvgIpc) is 2.55. The lowest BCUT2D eigenvalue weighted by atomic mass is 10.1. The molecule has 0 radical (unpaired) electrons. The maximum Gasteiger partial charge on any atom is 0.256 e. The Morgan fingerprint density at radius 3 is 2.57 bits per heavy atom. The number of methoxy groups -OCH3 is 1. The lowest BCUT2D eigenvalue weighted by molar-refractivity contribution is 0.102. The molecule has 0 bridgehead atoms. The zero-order valence-corrected chi connectivity index (χ0v) is 13.5. The second-order valence-corrected chi connectivity index (χ2v) is 5.59. The number of amides is 1. The van der Waals surface area contributed by atoms with Crippen LogP contribution in [-0.2, 0) is 0 Å². The van der Waals surface area contributed by atoms with Crippen molar-refractivity contribution >= 4 is 34.1 Å². The van der Waals surface area contributed by atoms with Gasteiger partial charge in [-0.25, -0.2) is 0 Å². The summed E-state index contributed by atoms with van der Waals surface area (Å²) in [7, 11) is 1.60. The Hall–Kier alpha value is -2.59. The molecule has 2 aromatic carbocycles. The predicted molar refractivity (Wildman–Crippen MR) is 92.4 cm³/mol. The molecule has 0 fully saturated rings. The van der Waals surface area contributed by atoms with Crippen LogP contribution in [0, 0.1) is 6.92 Å². The third kappa shape index (κ3) is 3.27. The number of carbonyl (C=O) groups excluding carboxylic acids is 1. The number of halogens is 1. The second kappa shape index (κ2) is 6.26. The van der Waals surface area contributed by atoms with Crippen molar-refractivity contribution in [1.29, 1.82) is 0 Å². The van der Waals surface area contributed by atoms with Crippen LogP contribution in [0.15, 0.2) is 48.5 Å². The normalized spacial score (nSPS) is 10.6. The molecule has 0 atom stereocenters. The molecule has 1 aromatic heterocycles. The van der Waals surface area contributed by atoms with Crippen molar-refractivity contribution in [2.75, 3.05) is 12.4 Å². The van der Waals surface area contributed by atoms with Gasteiger partial charge in [-0.15, -0.1) is 0 Å². The van der Waals surface area contributed by atoms with Crippen LogP contribution in [0.25, 0.3) is 10.9 Å². The van der Waals surface area contributed by atoms with E-state index in [9.17, 15) is 4.79 Å². The van der Waals surface area contributed by atoms with Crippen molar-refractivity contribution < 1.29 is 9.53 Å². The van der Waals surface area contributed by atoms with Gasteiger partial charge in [-0.05, 0) is 55.5 Å². The van der Waals surface area contributed by atoms with E-state index in [1.54, 1.807) is 49.6 Å². The number of aromatic nitrogens is 1. The van der Waals surface area contributed by atoms with Crippen LogP contribution < -0.4 is 10.1 Å². The fraction of sp³-hybridized carbons (Fsp3) is 0.111. The number of nitrogens with one attached hydrogen (secondary N) is 1. The number of fused-ring (bicyclic) bond motifs is 1. The van der Waals surface area contributed by atoms with Crippen molar-refractivity contribution in [3.8, 4) is 5.75 Å². The van der Waals surface area contributed by atoms with Crippen LogP contribution in [-0.4, -0.2) is 18.0 Å². The average molecular weight is 327 g/mol. The SMILES string of the molecule is COc1ccc(NC(=O)c2cc(C)nc3ccc(Cl)cc23)cc1. The molecule has 0 aliphatic heterocycles. The van der Waals surface area contributed by atoms with Gasteiger partial charge in [-0.1, -0.05) is 11.6 Å². The first-order valence-corrected chi connectivity index (χ1v) is 7.47. The Kier molecular flexibility index (Phi) is 4.17. The highest BCUT2D eigenvalue weighted by Gasteiger charge is 2.13. The summed E-state index contributed by atoms with van der Waals surface area (Å²) < 4.78 is 5.11. The predicted octanol–water partition coefficient (Wildman–Crippen LogP) is 4.46. The molecular formula is C18H15ClN2O2. The summed E-state index contributed by atoms with van der Waals surface area (Å²) in [6, 6.07) is 14.3. The van der Waals surface area contributed by atoms with E-state index in [2.05, 4.69) is 10.3 Å². The molecule has 0 aliphatic carbocycles. The molecule has 5 heteroatoms. The van der Waals surface area contributed by atoms with Crippen molar-refractivity contribution in [1.82, 2.24) is 4.98 Å². The van der Waals surface area contributed by atoms with Crippen molar-refractivity contribution in [2.45, 2.75) is 6.92 Å². The van der Waals surface area contributed by atoms with E-state index in [0.29, 0.717) is 16.3 Å². The molecule has 23 heavy (non-hydrogen) atoms. The van der Waals surface area contributed by atoms with Gasteiger partial charge in [-0.2, -0.15) is 0 Å². The van der Waals surface area contributed by atoms with Crippen molar-refractivity contribution in [3.05, 3.63) is 64.8 Å². The molecule has 0 spiro atoms. The summed E-state index contributed by atoms with van der Waals surface area (Å²) in [4.78, 5) is 17.1. The minimum atomic E-state index is -0.201. The molecular weight excluding hydrogens is 312 g/mol. The third-order valence-electron chi connectivity index (χ3n) is 3.49. The van der Waals surface area contributed by atoms with Crippen LogP contribution in [0.1, 0.15) is 16.1 Å². The zero-order chi connectivity index (χ0) is 16.4. The lowest BCUT2D eigenvalue weighted by Gasteiger charge is -2.10. The highest BCUT2D eigenvalue weighted by Crippen LogP contribution is 2.24. The maximum atomic E-state index is 12.6. The van der Waals surface area contributed by atoms with Gasteiger partial charge in [0.2, 0.25) is 0 Å². The van der Waals surface area contributed by atoms with Crippen LogP contribution in [0.4, 0.5) is 5.69 Å². The molecule has 0 saturated carbocycles. The molecule has 0 aliphatic rings. The van der Waals surface area contributed by atoms with Gasteiger partial charge < -0.3 is 10.1 Å². The molecule has 116 valence electrons. The first kappa shape index (κ1) is 15.3. The van der Waals surface area contributed by atoms with E-state index in [1.807, 2.05) is 13.0 Å². The van der Waals surface area contributed by atoms with E-state index in [4.69, 9.17) is 16.3 Å². The van der Waals surface area contributed by atoms with Gasteiger partial charge in [0, 0.05) is 21.8 Å². The number of hydrogen-bond donors (Lipinski definition) is 1. The van der Waals surface area contributed by atoms with Gasteiger partial charge in [0.05, 0.1) is 18.2 Å². The number of aryl methyl sites for hydroxylation is 1. The van der Waals surface area contributed by atoms with Gasteiger partial charge in [0.1, 0.15) is 5.75 Å². The fourth-order valence-electron chi connectivity index (χ4n) is 2.39. The molecule has 4 nitrogen and oxygen atoms in total. The summed E-state index contributed by atoms with van der Waals surface area (Å²) in [6.45, 7) is 1.86. The topological polar surface area (TPSA) is 51.2 Å². The standard InChI is InChI=1S/C18H15ClN2O2/c1-11-9-16(15-10-12(19)3-8-17(15)20-11)18(22)21-13-4-6-14(23-2)7-5-13/h3-10H,1-2H3,(H,21,22). The summed E-state index contributed by atoms with van der Waals surface area (Å²) in [5.41, 5.74) is 2.76. The van der Waals surface area contributed by atoms with E-state index in [0.717, 1.165) is 22.3 Å². The van der Waals surface area contributed by atoms with Gasteiger partial charge in [-0.3, -0.25) is 9.78 Å². The Balaban J connectivity index is 1.97. The number of nitrogens with zero attached hydrogens (tertiary/aromatic N) is 1. The summed E-state index contributed by atoms with van der Waals surface area (Å²) in [5.74, 6) is 0.535. The summed E-state index contributed by atoms with van der Waals surface area (Å²) >= 11 is 6.06. The maximum absolute atomic E-state index is 12.6. The smallest absolute Gasteiger partial charge is 0.256 e. The minimum absolute atomic E-state index is 0.201. The molecule has 1 N–H and O–H groups in total. The number of ether oxygens (including phenoxy) is 1. The minimum Gasteiger partial charge on any atom is -0.497 e. The van der Waals surface area contributed by atoms with Crippen LogP contribution in [0.3, 0.4) is 0 Å². The quantitative estimate of drug-likeness (QED) is 0.773. The summed E-state index contributed by atoms with van der Waals surface area (Å²) in [5, 5.41) is 4.18. The van der Waals surface area contributed by atoms with Crippen LogP contribution in [0.5, 0.6) is 5.75 Å². The molecule has 0 saturated heterocycles. The van der Waals surface area contributed by atoms with Crippen molar-refractivity contribution in [3.63, 3.8) is 0 Å². The first-order chi connectivity index (χ1) is 11.1. The Morgan fingerprint density at radius 2 is 1.87 bits per heavy atom. The third-order valence-corrected chi connectivity index (χ3v) is 3.73. The second-order valence-electron chi connectivity index (χ2n) is 5.16. The van der Waals surface area contributed by atoms with Crippen LogP contribution in [0.2, 0.25) is 5.02 Å². The van der Waals surface area contributed by atoms with Gasteiger partial charge in [0.25, 0.3) is 5.91 Å². The first-order valence-electron chi connectivity index (χ1n) is 7.09. The zero-order valence-electron chi connectivity index (χ0n) is 12.8. The lowest BCUT2D eigenvalue weighted by Crippen LogP contribution is -2.13.